The van der Waals surface area contributed by atoms with Crippen LogP contribution in [0.25, 0.3) is 0 Å². The van der Waals surface area contributed by atoms with Crippen LogP contribution in [0.1, 0.15) is 20.3 Å². The van der Waals surface area contributed by atoms with Gasteiger partial charge in [-0.25, -0.2) is 0 Å². The van der Waals surface area contributed by atoms with E-state index < -0.39 is 0 Å². The van der Waals surface area contributed by atoms with E-state index in [0.29, 0.717) is 5.92 Å². The molecule has 0 aromatic rings. The van der Waals surface area contributed by atoms with Crippen LogP contribution in [0.4, 0.5) is 0 Å². The van der Waals surface area contributed by atoms with Gasteiger partial charge in [0.25, 0.3) is 5.91 Å². The van der Waals surface area contributed by atoms with E-state index in [9.17, 15) is 4.79 Å². The van der Waals surface area contributed by atoms with Crippen LogP contribution in [0.2, 0.25) is 0 Å². The van der Waals surface area contributed by atoms with Gasteiger partial charge in [0.15, 0.2) is 0 Å². The predicted octanol–water partition coefficient (Wildman–Crippen LogP) is 0.878. The average molecular weight is 151 g/mol. The normalized spacial score (nSPS) is 22.7. The van der Waals surface area contributed by atoms with Crippen molar-refractivity contribution in [2.75, 3.05) is 13.1 Å². The molecule has 1 aliphatic heterocycles. The highest BCUT2D eigenvalue weighted by molar-refractivity contribution is 5.93. The lowest BCUT2D eigenvalue weighted by atomic mass is 10.2. The second kappa shape index (κ2) is 3.43. The van der Waals surface area contributed by atoms with Gasteiger partial charge in [0.2, 0.25) is 0 Å². The van der Waals surface area contributed by atoms with Crippen molar-refractivity contribution in [3.8, 4) is 11.8 Å². The Hall–Kier alpha value is -0.970. The van der Waals surface area contributed by atoms with Gasteiger partial charge < -0.3 is 4.90 Å². The number of rotatable bonds is 0. The summed E-state index contributed by atoms with van der Waals surface area (Å²) in [5, 5.41) is 0. The molecule has 0 N–H and O–H groups in total. The lowest BCUT2D eigenvalue weighted by Gasteiger charge is -2.10. The molecular weight excluding hydrogens is 138 g/mol. The maximum absolute atomic E-state index is 11.1. The summed E-state index contributed by atoms with van der Waals surface area (Å²) < 4.78 is 0. The van der Waals surface area contributed by atoms with E-state index in [1.165, 1.54) is 0 Å². The number of nitrogens with zero attached hydrogens (tertiary/aromatic N) is 1. The van der Waals surface area contributed by atoms with Gasteiger partial charge in [0.05, 0.1) is 0 Å². The molecular formula is C9H13NO. The maximum Gasteiger partial charge on any atom is 0.298 e. The molecule has 0 aromatic heterocycles. The monoisotopic (exact) mass is 151 g/mol. The topological polar surface area (TPSA) is 20.3 Å². The van der Waals surface area contributed by atoms with Crippen LogP contribution < -0.4 is 0 Å². The zero-order chi connectivity index (χ0) is 8.27. The minimum Gasteiger partial charge on any atom is -0.332 e. The minimum atomic E-state index is -0.0168. The van der Waals surface area contributed by atoms with Crippen molar-refractivity contribution in [2.24, 2.45) is 5.92 Å². The second-order valence-corrected chi connectivity index (χ2v) is 3.02. The molecule has 2 heteroatoms. The standard InChI is InChI=1S/C9H13NO/c1-3-4-9(11)10-6-5-8(2)7-10/h8H,5-7H2,1-2H3. The number of carbonyl (C=O) groups excluding carboxylic acids is 1. The summed E-state index contributed by atoms with van der Waals surface area (Å²) in [7, 11) is 0. The molecule has 0 spiro atoms. The Morgan fingerprint density at radius 3 is 2.82 bits per heavy atom. The number of hydrogen-bond acceptors (Lipinski definition) is 1. The lowest BCUT2D eigenvalue weighted by molar-refractivity contribution is -0.124. The van der Waals surface area contributed by atoms with Gasteiger partial charge in [-0.2, -0.15) is 0 Å². The summed E-state index contributed by atoms with van der Waals surface area (Å²) in [4.78, 5) is 13.0. The highest BCUT2D eigenvalue weighted by Gasteiger charge is 2.21. The van der Waals surface area contributed by atoms with E-state index >= 15 is 0 Å². The van der Waals surface area contributed by atoms with E-state index in [-0.39, 0.29) is 5.91 Å². The third-order valence-corrected chi connectivity index (χ3v) is 1.94. The molecule has 0 saturated carbocycles. The first-order valence-corrected chi connectivity index (χ1v) is 3.95. The van der Waals surface area contributed by atoms with Crippen LogP contribution in [-0.2, 0) is 4.79 Å². The molecule has 1 rings (SSSR count). The largest absolute Gasteiger partial charge is 0.332 e. The summed E-state index contributed by atoms with van der Waals surface area (Å²) in [5.41, 5.74) is 0. The molecule has 1 heterocycles. The molecule has 0 bridgehead atoms. The maximum atomic E-state index is 11.1. The Morgan fingerprint density at radius 2 is 2.36 bits per heavy atom. The van der Waals surface area contributed by atoms with Crippen LogP contribution in [0, 0.1) is 17.8 Å². The fraction of sp³-hybridized carbons (Fsp3) is 0.667. The van der Waals surface area contributed by atoms with Crippen LogP contribution in [-0.4, -0.2) is 23.9 Å². The van der Waals surface area contributed by atoms with Crippen molar-refractivity contribution in [1.29, 1.82) is 0 Å². The van der Waals surface area contributed by atoms with Crippen LogP contribution >= 0.6 is 0 Å². The fourth-order valence-corrected chi connectivity index (χ4v) is 1.31. The van der Waals surface area contributed by atoms with E-state index in [1.807, 2.05) is 4.90 Å². The highest BCUT2D eigenvalue weighted by atomic mass is 16.2. The third kappa shape index (κ3) is 1.98. The summed E-state index contributed by atoms with van der Waals surface area (Å²) in [5.74, 6) is 5.80. The summed E-state index contributed by atoms with van der Waals surface area (Å²) in [6, 6.07) is 0. The first-order valence-electron chi connectivity index (χ1n) is 3.95. The average Bonchev–Trinajstić information content (AvgIpc) is 2.36. The minimum absolute atomic E-state index is 0.0168. The molecule has 60 valence electrons. The van der Waals surface area contributed by atoms with Crippen molar-refractivity contribution in [1.82, 2.24) is 4.90 Å². The van der Waals surface area contributed by atoms with E-state index in [2.05, 4.69) is 18.8 Å². The molecule has 0 aromatic carbocycles. The fourth-order valence-electron chi connectivity index (χ4n) is 1.31. The van der Waals surface area contributed by atoms with Gasteiger partial charge in [-0.05, 0) is 25.2 Å². The second-order valence-electron chi connectivity index (χ2n) is 3.02. The summed E-state index contributed by atoms with van der Waals surface area (Å²) in [6.45, 7) is 5.62. The van der Waals surface area contributed by atoms with Gasteiger partial charge in [0.1, 0.15) is 0 Å². The van der Waals surface area contributed by atoms with Gasteiger partial charge in [-0.1, -0.05) is 12.8 Å². The highest BCUT2D eigenvalue weighted by Crippen LogP contribution is 2.14. The van der Waals surface area contributed by atoms with Crippen LogP contribution in [0.3, 0.4) is 0 Å². The smallest absolute Gasteiger partial charge is 0.298 e. The zero-order valence-corrected chi connectivity index (χ0v) is 7.05. The van der Waals surface area contributed by atoms with Crippen LogP contribution in [0.5, 0.6) is 0 Å². The Kier molecular flexibility index (Phi) is 2.53. The van der Waals surface area contributed by atoms with Gasteiger partial charge in [0, 0.05) is 13.1 Å². The molecule has 1 amide bonds. The van der Waals surface area contributed by atoms with Crippen LogP contribution in [0.15, 0.2) is 0 Å². The van der Waals surface area contributed by atoms with Crippen molar-refractivity contribution >= 4 is 5.91 Å². The van der Waals surface area contributed by atoms with Gasteiger partial charge in [-0.15, -0.1) is 0 Å². The molecule has 1 aliphatic rings. The van der Waals surface area contributed by atoms with Crippen molar-refractivity contribution in [2.45, 2.75) is 20.3 Å². The summed E-state index contributed by atoms with van der Waals surface area (Å²) in [6.07, 6.45) is 1.12. The number of hydrogen-bond donors (Lipinski definition) is 0. The summed E-state index contributed by atoms with van der Waals surface area (Å²) >= 11 is 0. The molecule has 11 heavy (non-hydrogen) atoms. The lowest BCUT2D eigenvalue weighted by Crippen LogP contribution is -2.26. The number of amides is 1. The van der Waals surface area contributed by atoms with Gasteiger partial charge >= 0.3 is 0 Å². The number of carbonyl (C=O) groups is 1. The molecule has 1 unspecified atom stereocenters. The van der Waals surface area contributed by atoms with Gasteiger partial charge in [-0.3, -0.25) is 4.79 Å². The Balaban J connectivity index is 2.47. The Morgan fingerprint density at radius 1 is 1.64 bits per heavy atom. The number of likely N-dealkylation sites (tertiary alicyclic amines) is 1. The third-order valence-electron chi connectivity index (χ3n) is 1.94. The molecule has 1 saturated heterocycles. The molecule has 0 radical (unpaired) electrons. The Labute approximate surface area is 67.6 Å². The Bertz CT molecular complexity index is 211. The van der Waals surface area contributed by atoms with E-state index in [1.54, 1.807) is 6.92 Å². The predicted molar refractivity (Wildman–Crippen MR) is 43.8 cm³/mol. The van der Waals surface area contributed by atoms with Crippen molar-refractivity contribution < 1.29 is 4.79 Å². The SMILES string of the molecule is CC#CC(=O)N1CCC(C)C1. The first-order chi connectivity index (χ1) is 5.24. The van der Waals surface area contributed by atoms with E-state index in [4.69, 9.17) is 0 Å². The van der Waals surface area contributed by atoms with Crippen molar-refractivity contribution in [3.63, 3.8) is 0 Å². The molecule has 1 fully saturated rings. The first kappa shape index (κ1) is 8.13. The van der Waals surface area contributed by atoms with Crippen molar-refractivity contribution in [3.05, 3.63) is 0 Å². The van der Waals surface area contributed by atoms with E-state index in [0.717, 1.165) is 19.5 Å². The molecule has 1 atom stereocenters. The molecule has 0 aliphatic carbocycles. The quantitative estimate of drug-likeness (QED) is 0.471. The molecule has 2 nitrogen and oxygen atoms in total. The zero-order valence-electron chi connectivity index (χ0n) is 7.05.